The van der Waals surface area contributed by atoms with Crippen LogP contribution in [-0.2, 0) is 4.74 Å². The van der Waals surface area contributed by atoms with E-state index >= 15 is 0 Å². The van der Waals surface area contributed by atoms with E-state index in [0.29, 0.717) is 19.0 Å². The molecule has 1 aromatic rings. The monoisotopic (exact) mass is 303 g/mol. The molecule has 22 heavy (non-hydrogen) atoms. The fourth-order valence-corrected chi connectivity index (χ4v) is 2.81. The number of hydrogen-bond acceptors (Lipinski definition) is 3. The smallest absolute Gasteiger partial charge is 0.410 e. The first-order chi connectivity index (χ1) is 10.3. The summed E-state index contributed by atoms with van der Waals surface area (Å²) in [5, 5.41) is 0. The van der Waals surface area contributed by atoms with E-state index in [1.807, 2.05) is 39.8 Å². The minimum absolute atomic E-state index is 0.224. The first kappa shape index (κ1) is 16.5. The number of likely N-dealkylation sites (tertiary alicyclic amines) is 1. The molecule has 1 aliphatic heterocycles. The van der Waals surface area contributed by atoms with Gasteiger partial charge in [0.25, 0.3) is 0 Å². The summed E-state index contributed by atoms with van der Waals surface area (Å²) in [5.41, 5.74) is 2.57. The van der Waals surface area contributed by atoms with E-state index < -0.39 is 5.60 Å². The highest BCUT2D eigenvalue weighted by Gasteiger charge is 2.27. The zero-order valence-electron chi connectivity index (χ0n) is 13.9. The van der Waals surface area contributed by atoms with Crippen LogP contribution in [0.25, 0.3) is 0 Å². The van der Waals surface area contributed by atoms with Crippen LogP contribution in [0.1, 0.15) is 61.0 Å². The number of nitrogens with zero attached hydrogens (tertiary/aromatic N) is 1. The lowest BCUT2D eigenvalue weighted by Crippen LogP contribution is -2.41. The number of amides is 1. The number of piperidine rings is 1. The van der Waals surface area contributed by atoms with Crippen molar-refractivity contribution in [1.82, 2.24) is 4.90 Å². The van der Waals surface area contributed by atoms with Crippen molar-refractivity contribution >= 4 is 12.4 Å². The van der Waals surface area contributed by atoms with Crippen LogP contribution in [0.4, 0.5) is 4.79 Å². The van der Waals surface area contributed by atoms with Gasteiger partial charge in [0, 0.05) is 18.7 Å². The number of aldehydes is 1. The van der Waals surface area contributed by atoms with Gasteiger partial charge in [0.1, 0.15) is 11.9 Å². The highest BCUT2D eigenvalue weighted by molar-refractivity contribution is 5.77. The first-order valence-electron chi connectivity index (χ1n) is 7.84. The molecular weight excluding hydrogens is 278 g/mol. The molecule has 1 aliphatic rings. The van der Waals surface area contributed by atoms with Gasteiger partial charge in [-0.3, -0.25) is 4.79 Å². The summed E-state index contributed by atoms with van der Waals surface area (Å²) in [5.74, 6) is 0.443. The van der Waals surface area contributed by atoms with Crippen LogP contribution in [0.5, 0.6) is 0 Å². The minimum Gasteiger partial charge on any atom is -0.444 e. The van der Waals surface area contributed by atoms with E-state index in [4.69, 9.17) is 4.74 Å². The van der Waals surface area contributed by atoms with Crippen LogP contribution in [0.3, 0.4) is 0 Å². The molecule has 2 rings (SSSR count). The molecule has 0 radical (unpaired) electrons. The van der Waals surface area contributed by atoms with E-state index in [0.717, 1.165) is 30.3 Å². The Balaban J connectivity index is 1.96. The fraction of sp³-hybridized carbons (Fsp3) is 0.556. The lowest BCUT2D eigenvalue weighted by atomic mass is 9.88. The SMILES string of the molecule is Cc1cc(C2CCN(C(=O)OC(C)(C)C)CC2)ccc1C=O. The zero-order chi connectivity index (χ0) is 16.3. The van der Waals surface area contributed by atoms with Crippen molar-refractivity contribution in [1.29, 1.82) is 0 Å². The van der Waals surface area contributed by atoms with Crippen LogP contribution in [-0.4, -0.2) is 36.0 Å². The molecule has 4 nitrogen and oxygen atoms in total. The van der Waals surface area contributed by atoms with Crippen molar-refractivity contribution in [3.63, 3.8) is 0 Å². The minimum atomic E-state index is -0.449. The molecule has 120 valence electrons. The summed E-state index contributed by atoms with van der Waals surface area (Å²) in [4.78, 5) is 24.7. The predicted octanol–water partition coefficient (Wildman–Crippen LogP) is 3.92. The number of aryl methyl sites for hydroxylation is 1. The highest BCUT2D eigenvalue weighted by Crippen LogP contribution is 2.29. The highest BCUT2D eigenvalue weighted by atomic mass is 16.6. The van der Waals surface area contributed by atoms with Crippen molar-refractivity contribution in [2.24, 2.45) is 0 Å². The average molecular weight is 303 g/mol. The number of carbonyl (C=O) groups excluding carboxylic acids is 2. The Morgan fingerprint density at radius 3 is 2.41 bits per heavy atom. The van der Waals surface area contributed by atoms with Gasteiger partial charge in [-0.05, 0) is 57.6 Å². The summed E-state index contributed by atoms with van der Waals surface area (Å²) in [6.45, 7) is 9.05. The topological polar surface area (TPSA) is 46.6 Å². The summed E-state index contributed by atoms with van der Waals surface area (Å²) in [7, 11) is 0. The molecule has 4 heteroatoms. The Labute approximate surface area is 132 Å². The molecule has 0 spiro atoms. The van der Waals surface area contributed by atoms with Gasteiger partial charge < -0.3 is 9.64 Å². The third-order valence-corrected chi connectivity index (χ3v) is 4.04. The number of carbonyl (C=O) groups is 2. The van der Waals surface area contributed by atoms with Gasteiger partial charge in [0.05, 0.1) is 0 Å². The van der Waals surface area contributed by atoms with Gasteiger partial charge in [0.15, 0.2) is 0 Å². The van der Waals surface area contributed by atoms with E-state index in [9.17, 15) is 9.59 Å². The molecule has 0 aliphatic carbocycles. The Morgan fingerprint density at radius 2 is 1.91 bits per heavy atom. The number of hydrogen-bond donors (Lipinski definition) is 0. The van der Waals surface area contributed by atoms with E-state index in [-0.39, 0.29) is 6.09 Å². The zero-order valence-corrected chi connectivity index (χ0v) is 13.9. The quantitative estimate of drug-likeness (QED) is 0.778. The third-order valence-electron chi connectivity index (χ3n) is 4.04. The van der Waals surface area contributed by atoms with Crippen LogP contribution >= 0.6 is 0 Å². The second kappa shape index (κ2) is 6.51. The van der Waals surface area contributed by atoms with Crippen LogP contribution < -0.4 is 0 Å². The maximum atomic E-state index is 12.1. The van der Waals surface area contributed by atoms with Crippen molar-refractivity contribution in [2.75, 3.05) is 13.1 Å². The molecular formula is C18H25NO3. The van der Waals surface area contributed by atoms with Gasteiger partial charge in [-0.25, -0.2) is 4.79 Å². The standard InChI is InChI=1S/C18H25NO3/c1-13-11-15(5-6-16(13)12-20)14-7-9-19(10-8-14)17(21)22-18(2,3)4/h5-6,11-12,14H,7-10H2,1-4H3. The van der Waals surface area contributed by atoms with E-state index in [1.54, 1.807) is 4.90 Å². The second-order valence-electron chi connectivity index (χ2n) is 6.98. The Hall–Kier alpha value is -1.84. The van der Waals surface area contributed by atoms with Gasteiger partial charge in [-0.15, -0.1) is 0 Å². The van der Waals surface area contributed by atoms with Gasteiger partial charge in [0.2, 0.25) is 0 Å². The molecule has 1 aromatic carbocycles. The average Bonchev–Trinajstić information content (AvgIpc) is 2.45. The van der Waals surface area contributed by atoms with Gasteiger partial charge >= 0.3 is 6.09 Å². The molecule has 0 N–H and O–H groups in total. The Bertz CT molecular complexity index is 552. The number of rotatable bonds is 2. The van der Waals surface area contributed by atoms with E-state index in [2.05, 4.69) is 6.07 Å². The molecule has 0 atom stereocenters. The molecule has 1 heterocycles. The number of benzene rings is 1. The predicted molar refractivity (Wildman–Crippen MR) is 86.3 cm³/mol. The Kier molecular flexibility index (Phi) is 4.89. The fourth-order valence-electron chi connectivity index (χ4n) is 2.81. The van der Waals surface area contributed by atoms with Crippen LogP contribution in [0, 0.1) is 6.92 Å². The van der Waals surface area contributed by atoms with Crippen LogP contribution in [0.15, 0.2) is 18.2 Å². The maximum Gasteiger partial charge on any atom is 0.410 e. The summed E-state index contributed by atoms with van der Waals surface area (Å²) in [6.07, 6.45) is 2.53. The van der Waals surface area contributed by atoms with Gasteiger partial charge in [-0.1, -0.05) is 18.2 Å². The number of ether oxygens (including phenoxy) is 1. The Morgan fingerprint density at radius 1 is 1.27 bits per heavy atom. The van der Waals surface area contributed by atoms with Crippen molar-refractivity contribution in [2.45, 2.75) is 52.1 Å². The molecule has 1 fully saturated rings. The summed E-state index contributed by atoms with van der Waals surface area (Å²) < 4.78 is 5.42. The molecule has 1 saturated heterocycles. The van der Waals surface area contributed by atoms with Crippen molar-refractivity contribution in [3.8, 4) is 0 Å². The third kappa shape index (κ3) is 4.09. The molecule has 0 bridgehead atoms. The molecule has 1 amide bonds. The lowest BCUT2D eigenvalue weighted by Gasteiger charge is -2.33. The van der Waals surface area contributed by atoms with Crippen molar-refractivity contribution < 1.29 is 14.3 Å². The first-order valence-corrected chi connectivity index (χ1v) is 7.84. The van der Waals surface area contributed by atoms with Crippen molar-refractivity contribution in [3.05, 3.63) is 34.9 Å². The molecule has 0 unspecified atom stereocenters. The normalized spacial score (nSPS) is 16.5. The largest absolute Gasteiger partial charge is 0.444 e. The van der Waals surface area contributed by atoms with E-state index in [1.165, 1.54) is 5.56 Å². The summed E-state index contributed by atoms with van der Waals surface area (Å²) in [6, 6.07) is 6.01. The van der Waals surface area contributed by atoms with Crippen LogP contribution in [0.2, 0.25) is 0 Å². The summed E-state index contributed by atoms with van der Waals surface area (Å²) >= 11 is 0. The second-order valence-corrected chi connectivity index (χ2v) is 6.98. The maximum absolute atomic E-state index is 12.1. The lowest BCUT2D eigenvalue weighted by molar-refractivity contribution is 0.0204. The molecule has 0 aromatic heterocycles. The van der Waals surface area contributed by atoms with Gasteiger partial charge in [-0.2, -0.15) is 0 Å². The molecule has 0 saturated carbocycles.